The summed E-state index contributed by atoms with van der Waals surface area (Å²) in [5.74, 6) is 0.559. The molecule has 0 heterocycles. The van der Waals surface area contributed by atoms with Crippen LogP contribution in [0.2, 0.25) is 0 Å². The topological polar surface area (TPSA) is 55.2 Å². The molecule has 2 atom stereocenters. The quantitative estimate of drug-likeness (QED) is 0.657. The zero-order valence-corrected chi connectivity index (χ0v) is 12.9. The maximum Gasteiger partial charge on any atom is 0.283 e. The molecule has 0 spiro atoms. The van der Waals surface area contributed by atoms with Gasteiger partial charge in [-0.3, -0.25) is 10.1 Å². The van der Waals surface area contributed by atoms with Crippen molar-refractivity contribution < 1.29 is 4.92 Å². The van der Waals surface area contributed by atoms with Crippen LogP contribution in [-0.2, 0) is 6.54 Å². The Balaban J connectivity index is 1.62. The molecule has 2 aromatic carbocycles. The highest BCUT2D eigenvalue weighted by Crippen LogP contribution is 2.41. The molecule has 1 N–H and O–H groups in total. The van der Waals surface area contributed by atoms with Gasteiger partial charge in [0.25, 0.3) is 5.69 Å². The Morgan fingerprint density at radius 1 is 1.19 bits per heavy atom. The second-order valence-electron chi connectivity index (χ2n) is 5.25. The lowest BCUT2D eigenvalue weighted by molar-refractivity contribution is -0.385. The van der Waals surface area contributed by atoms with Gasteiger partial charge in [0.15, 0.2) is 0 Å². The van der Waals surface area contributed by atoms with Crippen molar-refractivity contribution in [1.29, 1.82) is 0 Å². The smallest absolute Gasteiger partial charge is 0.283 e. The molecule has 0 saturated heterocycles. The first-order chi connectivity index (χ1) is 10.2. The van der Waals surface area contributed by atoms with Gasteiger partial charge in [-0.2, -0.15) is 0 Å². The SMILES string of the molecule is O=[N+]([O-])c1cccc(CNC2CC2c2ccccc2)c1Br. The number of nitro benzene ring substituents is 1. The zero-order chi connectivity index (χ0) is 14.8. The third kappa shape index (κ3) is 3.14. The maximum atomic E-state index is 10.9. The van der Waals surface area contributed by atoms with Crippen LogP contribution in [0.15, 0.2) is 53.0 Å². The summed E-state index contributed by atoms with van der Waals surface area (Å²) in [6, 6.07) is 16.0. The Morgan fingerprint density at radius 2 is 1.95 bits per heavy atom. The van der Waals surface area contributed by atoms with E-state index in [1.165, 1.54) is 11.6 Å². The van der Waals surface area contributed by atoms with Crippen molar-refractivity contribution in [2.24, 2.45) is 0 Å². The van der Waals surface area contributed by atoms with Crippen LogP contribution in [0.1, 0.15) is 23.5 Å². The van der Waals surface area contributed by atoms with Crippen molar-refractivity contribution in [2.75, 3.05) is 0 Å². The first kappa shape index (κ1) is 14.2. The fourth-order valence-corrected chi connectivity index (χ4v) is 3.12. The number of benzene rings is 2. The summed E-state index contributed by atoms with van der Waals surface area (Å²) in [7, 11) is 0. The molecule has 4 nitrogen and oxygen atoms in total. The molecule has 3 rings (SSSR count). The van der Waals surface area contributed by atoms with Gasteiger partial charge in [-0.25, -0.2) is 0 Å². The van der Waals surface area contributed by atoms with E-state index in [4.69, 9.17) is 0 Å². The highest BCUT2D eigenvalue weighted by molar-refractivity contribution is 9.10. The van der Waals surface area contributed by atoms with Gasteiger partial charge in [-0.15, -0.1) is 0 Å². The van der Waals surface area contributed by atoms with Gasteiger partial charge in [-0.1, -0.05) is 42.5 Å². The highest BCUT2D eigenvalue weighted by Gasteiger charge is 2.37. The van der Waals surface area contributed by atoms with E-state index in [9.17, 15) is 10.1 Å². The minimum atomic E-state index is -0.364. The standard InChI is InChI=1S/C16H15BrN2O2/c17-16-12(7-4-8-15(16)19(20)21)10-18-14-9-13(14)11-5-2-1-3-6-11/h1-8,13-14,18H,9-10H2. The largest absolute Gasteiger partial charge is 0.309 e. The van der Waals surface area contributed by atoms with Crippen LogP contribution in [0.3, 0.4) is 0 Å². The van der Waals surface area contributed by atoms with Gasteiger partial charge in [0.05, 0.1) is 9.40 Å². The van der Waals surface area contributed by atoms with Crippen molar-refractivity contribution in [3.63, 3.8) is 0 Å². The molecule has 108 valence electrons. The van der Waals surface area contributed by atoms with E-state index < -0.39 is 0 Å². The van der Waals surface area contributed by atoms with Gasteiger partial charge in [0.1, 0.15) is 0 Å². The number of hydrogen-bond donors (Lipinski definition) is 1. The van der Waals surface area contributed by atoms with Gasteiger partial charge in [0.2, 0.25) is 0 Å². The van der Waals surface area contributed by atoms with Crippen LogP contribution in [-0.4, -0.2) is 11.0 Å². The molecule has 0 aromatic heterocycles. The number of hydrogen-bond acceptors (Lipinski definition) is 3. The summed E-state index contributed by atoms with van der Waals surface area (Å²) in [6.07, 6.45) is 1.12. The summed E-state index contributed by atoms with van der Waals surface area (Å²) in [5.41, 5.74) is 2.39. The molecule has 1 fully saturated rings. The predicted octanol–water partition coefficient (Wildman–Crippen LogP) is 4.00. The third-order valence-electron chi connectivity index (χ3n) is 3.83. The van der Waals surface area contributed by atoms with Crippen LogP contribution in [0.5, 0.6) is 0 Å². The minimum Gasteiger partial charge on any atom is -0.309 e. The molecular formula is C16H15BrN2O2. The monoisotopic (exact) mass is 346 g/mol. The van der Waals surface area contributed by atoms with E-state index in [0.29, 0.717) is 23.0 Å². The van der Waals surface area contributed by atoms with Gasteiger partial charge >= 0.3 is 0 Å². The summed E-state index contributed by atoms with van der Waals surface area (Å²) < 4.78 is 0.569. The molecule has 0 amide bonds. The lowest BCUT2D eigenvalue weighted by atomic mass is 10.1. The van der Waals surface area contributed by atoms with Gasteiger partial charge < -0.3 is 5.32 Å². The molecule has 0 radical (unpaired) electrons. The highest BCUT2D eigenvalue weighted by atomic mass is 79.9. The summed E-state index contributed by atoms with van der Waals surface area (Å²) in [4.78, 5) is 10.6. The lowest BCUT2D eigenvalue weighted by Gasteiger charge is -2.07. The fraction of sp³-hybridized carbons (Fsp3) is 0.250. The molecule has 0 aliphatic heterocycles. The number of nitrogens with one attached hydrogen (secondary N) is 1. The minimum absolute atomic E-state index is 0.115. The predicted molar refractivity (Wildman–Crippen MR) is 85.2 cm³/mol. The Hall–Kier alpha value is -1.72. The van der Waals surface area contributed by atoms with Gasteiger partial charge in [-0.05, 0) is 33.5 Å². The molecule has 1 aliphatic carbocycles. The van der Waals surface area contributed by atoms with E-state index in [1.54, 1.807) is 6.07 Å². The van der Waals surface area contributed by atoms with E-state index in [0.717, 1.165) is 12.0 Å². The third-order valence-corrected chi connectivity index (χ3v) is 4.74. The molecule has 1 aliphatic rings. The second-order valence-corrected chi connectivity index (χ2v) is 6.04. The first-order valence-corrected chi connectivity index (χ1v) is 7.66. The average Bonchev–Trinajstić information content (AvgIpc) is 3.26. The summed E-state index contributed by atoms with van der Waals surface area (Å²) in [5, 5.41) is 14.4. The number of nitrogens with zero attached hydrogens (tertiary/aromatic N) is 1. The maximum absolute atomic E-state index is 10.9. The van der Waals surface area contributed by atoms with Gasteiger partial charge in [0, 0.05) is 24.6 Å². The van der Waals surface area contributed by atoms with E-state index >= 15 is 0 Å². The Morgan fingerprint density at radius 3 is 2.67 bits per heavy atom. The lowest BCUT2D eigenvalue weighted by Crippen LogP contribution is -2.17. The first-order valence-electron chi connectivity index (χ1n) is 6.87. The van der Waals surface area contributed by atoms with Crippen LogP contribution in [0.4, 0.5) is 5.69 Å². The van der Waals surface area contributed by atoms with E-state index in [2.05, 4.69) is 45.5 Å². The zero-order valence-electron chi connectivity index (χ0n) is 11.3. The molecular weight excluding hydrogens is 332 g/mol. The normalized spacial score (nSPS) is 20.2. The van der Waals surface area contributed by atoms with Crippen molar-refractivity contribution in [2.45, 2.75) is 24.9 Å². The molecule has 1 saturated carbocycles. The average molecular weight is 347 g/mol. The Labute approximate surface area is 131 Å². The summed E-state index contributed by atoms with van der Waals surface area (Å²) >= 11 is 3.33. The van der Waals surface area contributed by atoms with E-state index in [1.807, 2.05) is 12.1 Å². The molecule has 2 aromatic rings. The van der Waals surface area contributed by atoms with Crippen molar-refractivity contribution in [1.82, 2.24) is 5.32 Å². The summed E-state index contributed by atoms with van der Waals surface area (Å²) in [6.45, 7) is 0.635. The van der Waals surface area contributed by atoms with Crippen molar-refractivity contribution in [3.8, 4) is 0 Å². The number of rotatable bonds is 5. The number of nitro groups is 1. The number of halogens is 1. The van der Waals surface area contributed by atoms with Crippen LogP contribution < -0.4 is 5.32 Å². The molecule has 21 heavy (non-hydrogen) atoms. The molecule has 5 heteroatoms. The van der Waals surface area contributed by atoms with Crippen LogP contribution >= 0.6 is 15.9 Å². The fourth-order valence-electron chi connectivity index (χ4n) is 2.57. The Bertz CT molecular complexity index is 661. The van der Waals surface area contributed by atoms with E-state index in [-0.39, 0.29) is 10.6 Å². The van der Waals surface area contributed by atoms with Crippen LogP contribution in [0.25, 0.3) is 0 Å². The van der Waals surface area contributed by atoms with Crippen molar-refractivity contribution >= 4 is 21.6 Å². The molecule has 2 unspecified atom stereocenters. The Kier molecular flexibility index (Phi) is 4.03. The van der Waals surface area contributed by atoms with Crippen molar-refractivity contribution in [3.05, 3.63) is 74.2 Å². The molecule has 0 bridgehead atoms. The van der Waals surface area contributed by atoms with Crippen LogP contribution in [0, 0.1) is 10.1 Å². The second kappa shape index (κ2) is 5.95.